The maximum atomic E-state index is 10.7. The molecule has 1 heterocycles. The second kappa shape index (κ2) is 9.07. The van der Waals surface area contributed by atoms with Crippen LogP contribution in [-0.2, 0) is 6.61 Å². The van der Waals surface area contributed by atoms with Gasteiger partial charge in [0.25, 0.3) is 0 Å². The minimum Gasteiger partial charge on any atom is -0.507 e. The second-order valence-corrected chi connectivity index (χ2v) is 7.31. The van der Waals surface area contributed by atoms with Crippen molar-refractivity contribution < 1.29 is 19.3 Å². The Bertz CT molecular complexity index is 980. The molecule has 0 spiro atoms. The zero-order chi connectivity index (χ0) is 20.9. The van der Waals surface area contributed by atoms with Gasteiger partial charge in [0, 0.05) is 17.7 Å². The van der Waals surface area contributed by atoms with Gasteiger partial charge in [0.05, 0.1) is 19.2 Å². The summed E-state index contributed by atoms with van der Waals surface area (Å²) >= 11 is 0. The maximum Gasteiger partial charge on any atom is 0.136 e. The van der Waals surface area contributed by atoms with Crippen LogP contribution in [0.3, 0.4) is 0 Å². The van der Waals surface area contributed by atoms with E-state index in [1.807, 2.05) is 73.7 Å². The molecule has 0 saturated carbocycles. The molecular formula is C24H26N2O4. The molecule has 3 unspecified atom stereocenters. The number of phenolic OH excluding ortho intramolecular Hbond substituents is 1. The lowest BCUT2D eigenvalue weighted by atomic mass is 9.98. The Kier molecular flexibility index (Phi) is 6.07. The van der Waals surface area contributed by atoms with Gasteiger partial charge in [0.15, 0.2) is 0 Å². The Labute approximate surface area is 176 Å². The molecule has 6 nitrogen and oxygen atoms in total. The van der Waals surface area contributed by atoms with Crippen molar-refractivity contribution >= 4 is 0 Å². The summed E-state index contributed by atoms with van der Waals surface area (Å²) in [6, 6.07) is 22.6. The fourth-order valence-corrected chi connectivity index (χ4v) is 3.55. The Morgan fingerprint density at radius 2 is 1.67 bits per heavy atom. The molecule has 6 heteroatoms. The number of benzene rings is 3. The van der Waals surface area contributed by atoms with Crippen LogP contribution in [0.5, 0.6) is 23.0 Å². The molecule has 4 rings (SSSR count). The molecule has 0 bridgehead atoms. The summed E-state index contributed by atoms with van der Waals surface area (Å²) in [4.78, 5) is 0. The Morgan fingerprint density at radius 1 is 0.867 bits per heavy atom. The molecule has 0 aromatic heterocycles. The zero-order valence-corrected chi connectivity index (χ0v) is 17.0. The molecule has 1 saturated heterocycles. The van der Waals surface area contributed by atoms with Crippen LogP contribution in [0, 0.1) is 0 Å². The SMILES string of the molecule is COc1cccc(OC2C(C)NNC2c2ccc(OCc3ccccc3)cc2O)c1. The van der Waals surface area contributed by atoms with E-state index in [2.05, 4.69) is 10.9 Å². The molecule has 0 radical (unpaired) electrons. The van der Waals surface area contributed by atoms with Gasteiger partial charge in [-0.05, 0) is 36.8 Å². The van der Waals surface area contributed by atoms with Crippen molar-refractivity contribution in [1.29, 1.82) is 0 Å². The quantitative estimate of drug-likeness (QED) is 0.552. The van der Waals surface area contributed by atoms with Crippen molar-refractivity contribution in [2.45, 2.75) is 31.7 Å². The number of hydrogen-bond donors (Lipinski definition) is 3. The van der Waals surface area contributed by atoms with Crippen molar-refractivity contribution in [3.8, 4) is 23.0 Å². The van der Waals surface area contributed by atoms with Crippen molar-refractivity contribution in [2.75, 3.05) is 7.11 Å². The number of hydrogen-bond acceptors (Lipinski definition) is 6. The summed E-state index contributed by atoms with van der Waals surface area (Å²) in [6.07, 6.45) is -0.223. The molecule has 30 heavy (non-hydrogen) atoms. The molecular weight excluding hydrogens is 380 g/mol. The third kappa shape index (κ3) is 4.50. The molecule has 1 fully saturated rings. The van der Waals surface area contributed by atoms with Crippen LogP contribution < -0.4 is 25.1 Å². The summed E-state index contributed by atoms with van der Waals surface area (Å²) in [5, 5.41) is 10.7. The maximum absolute atomic E-state index is 10.7. The zero-order valence-electron chi connectivity index (χ0n) is 17.0. The Balaban J connectivity index is 1.48. The third-order valence-electron chi connectivity index (χ3n) is 5.19. The van der Waals surface area contributed by atoms with Crippen molar-refractivity contribution in [3.05, 3.63) is 83.9 Å². The lowest BCUT2D eigenvalue weighted by Crippen LogP contribution is -2.33. The molecule has 1 aliphatic heterocycles. The topological polar surface area (TPSA) is 72.0 Å². The van der Waals surface area contributed by atoms with E-state index in [0.29, 0.717) is 18.1 Å². The molecule has 0 aliphatic carbocycles. The van der Waals surface area contributed by atoms with Gasteiger partial charge >= 0.3 is 0 Å². The van der Waals surface area contributed by atoms with E-state index in [9.17, 15) is 5.11 Å². The highest BCUT2D eigenvalue weighted by molar-refractivity contribution is 5.43. The van der Waals surface area contributed by atoms with Crippen LogP contribution in [0.4, 0.5) is 0 Å². The van der Waals surface area contributed by atoms with Crippen LogP contribution in [-0.4, -0.2) is 24.4 Å². The Hall–Kier alpha value is -3.22. The van der Waals surface area contributed by atoms with Gasteiger partial charge in [-0.15, -0.1) is 0 Å². The van der Waals surface area contributed by atoms with Gasteiger partial charge in [-0.25, -0.2) is 5.43 Å². The van der Waals surface area contributed by atoms with E-state index in [0.717, 1.165) is 16.9 Å². The molecule has 3 aromatic rings. The van der Waals surface area contributed by atoms with Gasteiger partial charge in [-0.1, -0.05) is 36.4 Å². The number of hydrazine groups is 1. The average molecular weight is 406 g/mol. The van der Waals surface area contributed by atoms with Crippen molar-refractivity contribution in [2.24, 2.45) is 0 Å². The van der Waals surface area contributed by atoms with E-state index in [1.54, 1.807) is 13.2 Å². The standard InChI is InChI=1S/C24H26N2O4/c1-16-24(30-20-10-6-9-18(13-20)28-2)23(26-25-16)21-12-11-19(14-22(21)27)29-15-17-7-4-3-5-8-17/h3-14,16,23-27H,15H2,1-2H3. The average Bonchev–Trinajstić information content (AvgIpc) is 3.13. The Morgan fingerprint density at radius 3 is 2.43 bits per heavy atom. The van der Waals surface area contributed by atoms with E-state index < -0.39 is 0 Å². The minimum atomic E-state index is -0.227. The summed E-state index contributed by atoms with van der Waals surface area (Å²) < 4.78 is 17.3. The number of methoxy groups -OCH3 is 1. The highest BCUT2D eigenvalue weighted by Gasteiger charge is 2.37. The second-order valence-electron chi connectivity index (χ2n) is 7.31. The first-order valence-electron chi connectivity index (χ1n) is 9.95. The van der Waals surface area contributed by atoms with Crippen LogP contribution in [0.1, 0.15) is 24.1 Å². The largest absolute Gasteiger partial charge is 0.507 e. The number of rotatable bonds is 7. The monoisotopic (exact) mass is 406 g/mol. The van der Waals surface area contributed by atoms with Crippen molar-refractivity contribution in [3.63, 3.8) is 0 Å². The fourth-order valence-electron chi connectivity index (χ4n) is 3.55. The van der Waals surface area contributed by atoms with Crippen LogP contribution >= 0.6 is 0 Å². The minimum absolute atomic E-state index is 0.0367. The van der Waals surface area contributed by atoms with E-state index in [4.69, 9.17) is 14.2 Å². The predicted octanol–water partition coefficient (Wildman–Crippen LogP) is 3.96. The highest BCUT2D eigenvalue weighted by Crippen LogP contribution is 2.35. The number of phenols is 1. The van der Waals surface area contributed by atoms with E-state index in [-0.39, 0.29) is 23.9 Å². The predicted molar refractivity (Wildman–Crippen MR) is 115 cm³/mol. The van der Waals surface area contributed by atoms with Gasteiger partial charge < -0.3 is 19.3 Å². The number of nitrogens with one attached hydrogen (secondary N) is 2. The molecule has 0 amide bonds. The normalized spacial score (nSPS) is 20.7. The summed E-state index contributed by atoms with van der Waals surface area (Å²) in [6.45, 7) is 2.48. The molecule has 1 aliphatic rings. The van der Waals surface area contributed by atoms with Gasteiger partial charge in [-0.3, -0.25) is 5.43 Å². The third-order valence-corrected chi connectivity index (χ3v) is 5.19. The summed E-state index contributed by atoms with van der Waals surface area (Å²) in [5.74, 6) is 2.22. The lowest BCUT2D eigenvalue weighted by molar-refractivity contribution is 0.170. The first kappa shape index (κ1) is 20.1. The molecule has 3 aromatic carbocycles. The summed E-state index contributed by atoms with van der Waals surface area (Å²) in [5.41, 5.74) is 8.25. The van der Waals surface area contributed by atoms with Gasteiger partial charge in [-0.2, -0.15) is 0 Å². The molecule has 156 valence electrons. The van der Waals surface area contributed by atoms with Gasteiger partial charge in [0.1, 0.15) is 35.7 Å². The number of ether oxygens (including phenoxy) is 3. The number of aromatic hydroxyl groups is 1. The van der Waals surface area contributed by atoms with Gasteiger partial charge in [0.2, 0.25) is 0 Å². The van der Waals surface area contributed by atoms with Crippen LogP contribution in [0.15, 0.2) is 72.8 Å². The van der Waals surface area contributed by atoms with Crippen LogP contribution in [0.25, 0.3) is 0 Å². The first-order chi connectivity index (χ1) is 14.6. The van der Waals surface area contributed by atoms with E-state index >= 15 is 0 Å². The lowest BCUT2D eigenvalue weighted by Gasteiger charge is -2.24. The highest BCUT2D eigenvalue weighted by atomic mass is 16.5. The fraction of sp³-hybridized carbons (Fsp3) is 0.250. The summed E-state index contributed by atoms with van der Waals surface area (Å²) in [7, 11) is 1.63. The van der Waals surface area contributed by atoms with E-state index in [1.165, 1.54) is 0 Å². The van der Waals surface area contributed by atoms with Crippen molar-refractivity contribution in [1.82, 2.24) is 10.9 Å². The van der Waals surface area contributed by atoms with Crippen LogP contribution in [0.2, 0.25) is 0 Å². The molecule has 3 N–H and O–H groups in total. The smallest absolute Gasteiger partial charge is 0.136 e. The molecule has 3 atom stereocenters. The first-order valence-corrected chi connectivity index (χ1v) is 9.95.